The predicted molar refractivity (Wildman–Crippen MR) is 95.9 cm³/mol. The number of nitrogens with zero attached hydrogens (tertiary/aromatic N) is 1. The molecule has 1 aromatic heterocycles. The lowest BCUT2D eigenvalue weighted by atomic mass is 10.1. The Hall–Kier alpha value is -2.05. The van der Waals surface area contributed by atoms with E-state index in [2.05, 4.69) is 16.8 Å². The highest BCUT2D eigenvalue weighted by Gasteiger charge is 2.29. The van der Waals surface area contributed by atoms with Gasteiger partial charge < -0.3 is 19.7 Å². The molecule has 1 fully saturated rings. The smallest absolute Gasteiger partial charge is 0.322 e. The van der Waals surface area contributed by atoms with E-state index in [0.29, 0.717) is 13.1 Å². The van der Waals surface area contributed by atoms with Crippen molar-refractivity contribution in [1.82, 2.24) is 4.90 Å². The fraction of sp³-hybridized carbons (Fsp3) is 0.389. The Morgan fingerprint density at radius 3 is 2.92 bits per heavy atom. The van der Waals surface area contributed by atoms with Crippen molar-refractivity contribution in [3.05, 3.63) is 46.2 Å². The van der Waals surface area contributed by atoms with E-state index in [9.17, 15) is 4.79 Å². The molecule has 5 nitrogen and oxygen atoms in total. The molecular formula is C18H22N2O3S. The number of methoxy groups -OCH3 is 1. The van der Waals surface area contributed by atoms with Gasteiger partial charge in [0.05, 0.1) is 19.8 Å². The van der Waals surface area contributed by atoms with Gasteiger partial charge in [-0.25, -0.2) is 4.79 Å². The lowest BCUT2D eigenvalue weighted by Crippen LogP contribution is -2.47. The van der Waals surface area contributed by atoms with Crippen molar-refractivity contribution in [3.8, 4) is 5.75 Å². The van der Waals surface area contributed by atoms with Crippen molar-refractivity contribution >= 4 is 23.1 Å². The first-order chi connectivity index (χ1) is 11.6. The van der Waals surface area contributed by atoms with Crippen molar-refractivity contribution in [1.29, 1.82) is 0 Å². The summed E-state index contributed by atoms with van der Waals surface area (Å²) in [5.74, 6) is 0.724. The molecule has 0 saturated carbocycles. The summed E-state index contributed by atoms with van der Waals surface area (Å²) in [6.07, 6.45) is -0.0713. The summed E-state index contributed by atoms with van der Waals surface area (Å²) >= 11 is 1.64. The minimum atomic E-state index is -0.110. The normalized spacial score (nSPS) is 20.7. The average Bonchev–Trinajstić information content (AvgIpc) is 3.11. The van der Waals surface area contributed by atoms with Gasteiger partial charge in [0.25, 0.3) is 0 Å². The minimum absolute atomic E-state index is 0.000747. The Bertz CT molecular complexity index is 702. The number of morpholine rings is 1. The zero-order valence-corrected chi connectivity index (χ0v) is 14.9. The molecule has 0 spiro atoms. The molecule has 2 heterocycles. The van der Waals surface area contributed by atoms with E-state index >= 15 is 0 Å². The SMILES string of the molecule is COc1ccc(C)c(NC(=O)N2C[C@@H](c3ccsc3)O[C@@H](C)C2)c1. The topological polar surface area (TPSA) is 50.8 Å². The average molecular weight is 346 g/mol. The fourth-order valence-corrected chi connectivity index (χ4v) is 3.52. The van der Waals surface area contributed by atoms with Gasteiger partial charge in [-0.1, -0.05) is 6.07 Å². The predicted octanol–water partition coefficient (Wildman–Crippen LogP) is 4.06. The quantitative estimate of drug-likeness (QED) is 0.912. The number of urea groups is 1. The van der Waals surface area contributed by atoms with Crippen LogP contribution in [0.3, 0.4) is 0 Å². The van der Waals surface area contributed by atoms with E-state index in [1.807, 2.05) is 42.3 Å². The summed E-state index contributed by atoms with van der Waals surface area (Å²) in [6.45, 7) is 5.09. The number of carbonyl (C=O) groups is 1. The first-order valence-electron chi connectivity index (χ1n) is 7.95. The van der Waals surface area contributed by atoms with Crippen molar-refractivity contribution in [2.75, 3.05) is 25.5 Å². The van der Waals surface area contributed by atoms with Crippen molar-refractivity contribution in [2.45, 2.75) is 26.1 Å². The molecule has 1 aliphatic rings. The number of benzene rings is 1. The second kappa shape index (κ2) is 7.23. The van der Waals surface area contributed by atoms with E-state index < -0.39 is 0 Å². The van der Waals surface area contributed by atoms with Crippen LogP contribution in [-0.4, -0.2) is 37.2 Å². The summed E-state index contributed by atoms with van der Waals surface area (Å²) in [5.41, 5.74) is 2.90. The maximum atomic E-state index is 12.7. The molecule has 1 saturated heterocycles. The summed E-state index contributed by atoms with van der Waals surface area (Å²) in [4.78, 5) is 14.5. The molecule has 128 valence electrons. The molecular weight excluding hydrogens is 324 g/mol. The number of rotatable bonds is 3. The number of aryl methyl sites for hydroxylation is 1. The van der Waals surface area contributed by atoms with Crippen molar-refractivity contribution in [3.63, 3.8) is 0 Å². The van der Waals surface area contributed by atoms with Crippen LogP contribution in [0.25, 0.3) is 0 Å². The van der Waals surface area contributed by atoms with Gasteiger partial charge >= 0.3 is 6.03 Å². The van der Waals surface area contributed by atoms with Crippen molar-refractivity contribution in [2.24, 2.45) is 0 Å². The first-order valence-corrected chi connectivity index (χ1v) is 8.89. The number of anilines is 1. The fourth-order valence-electron chi connectivity index (χ4n) is 2.82. The van der Waals surface area contributed by atoms with Gasteiger partial charge in [-0.05, 0) is 47.9 Å². The largest absolute Gasteiger partial charge is 0.497 e. The van der Waals surface area contributed by atoms with Crippen LogP contribution in [-0.2, 0) is 4.74 Å². The second-order valence-electron chi connectivity index (χ2n) is 6.01. The maximum absolute atomic E-state index is 12.7. The summed E-state index contributed by atoms with van der Waals surface area (Å²) in [7, 11) is 1.62. The molecule has 24 heavy (non-hydrogen) atoms. The van der Waals surface area contributed by atoms with E-state index in [1.54, 1.807) is 18.4 Å². The van der Waals surface area contributed by atoms with Gasteiger partial charge in [-0.2, -0.15) is 11.3 Å². The molecule has 0 unspecified atom stereocenters. The maximum Gasteiger partial charge on any atom is 0.322 e. The van der Waals surface area contributed by atoms with E-state index in [-0.39, 0.29) is 18.2 Å². The zero-order chi connectivity index (χ0) is 17.1. The van der Waals surface area contributed by atoms with Crippen LogP contribution in [0.15, 0.2) is 35.0 Å². The number of amides is 2. The standard InChI is InChI=1S/C18H22N2O3S/c1-12-4-5-15(22-3)8-16(12)19-18(21)20-9-13(2)23-17(10-20)14-6-7-24-11-14/h4-8,11,13,17H,9-10H2,1-3H3,(H,19,21)/t13-,17-/m0/s1. The lowest BCUT2D eigenvalue weighted by Gasteiger charge is -2.36. The molecule has 2 amide bonds. The molecule has 3 rings (SSSR count). The third kappa shape index (κ3) is 3.71. The number of hydrogen-bond donors (Lipinski definition) is 1. The molecule has 1 aromatic carbocycles. The van der Waals surface area contributed by atoms with Gasteiger partial charge in [-0.3, -0.25) is 0 Å². The Morgan fingerprint density at radius 2 is 2.21 bits per heavy atom. The summed E-state index contributed by atoms with van der Waals surface area (Å²) in [5, 5.41) is 7.10. The van der Waals surface area contributed by atoms with Gasteiger partial charge in [0, 0.05) is 18.3 Å². The van der Waals surface area contributed by atoms with Crippen LogP contribution >= 0.6 is 11.3 Å². The van der Waals surface area contributed by atoms with Crippen LogP contribution in [0.5, 0.6) is 5.75 Å². The van der Waals surface area contributed by atoms with Gasteiger partial charge in [0.15, 0.2) is 0 Å². The molecule has 0 aliphatic carbocycles. The third-order valence-electron chi connectivity index (χ3n) is 4.15. The monoisotopic (exact) mass is 346 g/mol. The zero-order valence-electron chi connectivity index (χ0n) is 14.1. The lowest BCUT2D eigenvalue weighted by molar-refractivity contribution is -0.0640. The van der Waals surface area contributed by atoms with Crippen LogP contribution in [0.4, 0.5) is 10.5 Å². The summed E-state index contributed by atoms with van der Waals surface area (Å²) < 4.78 is 11.2. The number of hydrogen-bond acceptors (Lipinski definition) is 4. The molecule has 1 N–H and O–H groups in total. The molecule has 0 radical (unpaired) electrons. The highest BCUT2D eigenvalue weighted by Crippen LogP contribution is 2.28. The molecule has 0 bridgehead atoms. The van der Waals surface area contributed by atoms with Gasteiger partial charge in [-0.15, -0.1) is 0 Å². The highest BCUT2D eigenvalue weighted by atomic mass is 32.1. The molecule has 1 aliphatic heterocycles. The van der Waals surface area contributed by atoms with Crippen LogP contribution in [0.1, 0.15) is 24.2 Å². The Balaban J connectivity index is 1.72. The van der Waals surface area contributed by atoms with Crippen LogP contribution in [0, 0.1) is 6.92 Å². The van der Waals surface area contributed by atoms with E-state index in [4.69, 9.17) is 9.47 Å². The van der Waals surface area contributed by atoms with Crippen LogP contribution < -0.4 is 10.1 Å². The first kappa shape index (κ1) is 16.8. The Morgan fingerprint density at radius 1 is 1.38 bits per heavy atom. The number of ether oxygens (including phenoxy) is 2. The molecule has 2 atom stereocenters. The minimum Gasteiger partial charge on any atom is -0.497 e. The molecule has 2 aromatic rings. The number of thiophene rings is 1. The number of carbonyl (C=O) groups excluding carboxylic acids is 1. The number of nitrogens with one attached hydrogen (secondary N) is 1. The van der Waals surface area contributed by atoms with Crippen molar-refractivity contribution < 1.29 is 14.3 Å². The highest BCUT2D eigenvalue weighted by molar-refractivity contribution is 7.07. The second-order valence-corrected chi connectivity index (χ2v) is 6.79. The van der Waals surface area contributed by atoms with E-state index in [0.717, 1.165) is 22.6 Å². The van der Waals surface area contributed by atoms with E-state index in [1.165, 1.54) is 0 Å². The molecule has 6 heteroatoms. The Labute approximate surface area is 146 Å². The van der Waals surface area contributed by atoms with Crippen LogP contribution in [0.2, 0.25) is 0 Å². The Kier molecular flexibility index (Phi) is 5.06. The third-order valence-corrected chi connectivity index (χ3v) is 4.85. The summed E-state index contributed by atoms with van der Waals surface area (Å²) in [6, 6.07) is 7.60. The van der Waals surface area contributed by atoms with Gasteiger partial charge in [0.1, 0.15) is 11.9 Å². The van der Waals surface area contributed by atoms with Gasteiger partial charge in [0.2, 0.25) is 0 Å².